The molecule has 0 aromatic heterocycles. The number of unbranched alkanes of at least 4 members (excludes halogenated alkanes) is 1. The summed E-state index contributed by atoms with van der Waals surface area (Å²) in [6.45, 7) is 2.75. The maximum atomic E-state index is 12.0. The Balaban J connectivity index is 1.99. The van der Waals surface area contributed by atoms with Gasteiger partial charge in [0.1, 0.15) is 11.5 Å². The molecular formula is C17H22BNO4. The number of amides is 1. The van der Waals surface area contributed by atoms with Crippen molar-refractivity contribution in [3.63, 3.8) is 0 Å². The zero-order valence-corrected chi connectivity index (χ0v) is 13.3. The lowest BCUT2D eigenvalue weighted by molar-refractivity contribution is 0.0952. The lowest BCUT2D eigenvalue weighted by atomic mass is 9.75. The van der Waals surface area contributed by atoms with Crippen molar-refractivity contribution in [2.45, 2.75) is 32.6 Å². The first kappa shape index (κ1) is 17.3. The van der Waals surface area contributed by atoms with Gasteiger partial charge in [-0.2, -0.15) is 0 Å². The number of carbonyl (C=O) groups is 1. The van der Waals surface area contributed by atoms with E-state index < -0.39 is 7.12 Å². The minimum absolute atomic E-state index is 0.105. The van der Waals surface area contributed by atoms with E-state index in [1.807, 2.05) is 0 Å². The van der Waals surface area contributed by atoms with E-state index in [0.717, 1.165) is 18.6 Å². The Bertz CT molecular complexity index is 610. The molecule has 0 saturated heterocycles. The summed E-state index contributed by atoms with van der Waals surface area (Å²) < 4.78 is 5.77. The molecular weight excluding hydrogens is 293 g/mol. The summed E-state index contributed by atoms with van der Waals surface area (Å²) in [5.41, 5.74) is 1.14. The van der Waals surface area contributed by atoms with Gasteiger partial charge < -0.3 is 20.1 Å². The van der Waals surface area contributed by atoms with E-state index in [1.54, 1.807) is 36.4 Å². The van der Waals surface area contributed by atoms with Crippen LogP contribution in [-0.4, -0.2) is 29.6 Å². The third-order valence-corrected chi connectivity index (χ3v) is 3.64. The Kier molecular flexibility index (Phi) is 6.44. The summed E-state index contributed by atoms with van der Waals surface area (Å²) in [7, 11) is -1.41. The SMILES string of the molecule is CCCCNC(=O)c1cccc(OC2=CC=C(B(O)O)CC2)c1. The molecule has 0 aliphatic heterocycles. The van der Waals surface area contributed by atoms with Crippen LogP contribution in [0.1, 0.15) is 43.0 Å². The normalized spacial score (nSPS) is 13.9. The summed E-state index contributed by atoms with van der Waals surface area (Å²) >= 11 is 0. The minimum atomic E-state index is -1.41. The number of hydrogen-bond donors (Lipinski definition) is 3. The highest BCUT2D eigenvalue weighted by atomic mass is 16.5. The molecule has 3 N–H and O–H groups in total. The van der Waals surface area contributed by atoms with E-state index >= 15 is 0 Å². The molecule has 2 rings (SSSR count). The molecule has 0 heterocycles. The molecule has 23 heavy (non-hydrogen) atoms. The maximum absolute atomic E-state index is 12.0. The number of allylic oxidation sites excluding steroid dienone is 4. The van der Waals surface area contributed by atoms with Crippen LogP contribution in [0.4, 0.5) is 0 Å². The minimum Gasteiger partial charge on any atom is -0.462 e. The predicted octanol–water partition coefficient (Wildman–Crippen LogP) is 2.21. The van der Waals surface area contributed by atoms with Gasteiger partial charge in [0.25, 0.3) is 5.91 Å². The molecule has 0 spiro atoms. The highest BCUT2D eigenvalue weighted by molar-refractivity contribution is 6.50. The molecule has 1 amide bonds. The van der Waals surface area contributed by atoms with Crippen LogP contribution in [0.25, 0.3) is 0 Å². The molecule has 0 radical (unpaired) electrons. The zero-order chi connectivity index (χ0) is 16.7. The van der Waals surface area contributed by atoms with Gasteiger partial charge >= 0.3 is 7.12 Å². The quantitative estimate of drug-likeness (QED) is 0.532. The number of nitrogens with one attached hydrogen (secondary N) is 1. The Labute approximate surface area is 136 Å². The number of rotatable bonds is 7. The van der Waals surface area contributed by atoms with E-state index in [1.165, 1.54) is 0 Å². The van der Waals surface area contributed by atoms with Crippen molar-refractivity contribution >= 4 is 13.0 Å². The van der Waals surface area contributed by atoms with Gasteiger partial charge in [0, 0.05) is 18.5 Å². The van der Waals surface area contributed by atoms with Crippen LogP contribution < -0.4 is 10.1 Å². The van der Waals surface area contributed by atoms with Gasteiger partial charge in [-0.15, -0.1) is 0 Å². The summed E-state index contributed by atoms with van der Waals surface area (Å²) in [6.07, 6.45) is 6.52. The van der Waals surface area contributed by atoms with Crippen LogP contribution in [0.5, 0.6) is 5.75 Å². The standard InChI is InChI=1S/C17H22BNO4/c1-2-3-11-19-17(20)13-5-4-6-16(12-13)23-15-9-7-14(8-10-15)18(21)22/h4-7,9,12,21-22H,2-3,8,10-11H2,1H3,(H,19,20). The topological polar surface area (TPSA) is 78.8 Å². The summed E-state index contributed by atoms with van der Waals surface area (Å²) in [4.78, 5) is 12.0. The van der Waals surface area contributed by atoms with Gasteiger partial charge in [-0.25, -0.2) is 0 Å². The zero-order valence-electron chi connectivity index (χ0n) is 13.3. The molecule has 1 aliphatic carbocycles. The molecule has 0 unspecified atom stereocenters. The van der Waals surface area contributed by atoms with Gasteiger partial charge in [0.2, 0.25) is 0 Å². The number of ether oxygens (including phenoxy) is 1. The Hall–Kier alpha value is -2.05. The second-order valence-corrected chi connectivity index (χ2v) is 5.49. The maximum Gasteiger partial charge on any atom is 0.484 e. The van der Waals surface area contributed by atoms with E-state index in [-0.39, 0.29) is 5.91 Å². The summed E-state index contributed by atoms with van der Waals surface area (Å²) in [5, 5.41) is 21.1. The average molecular weight is 315 g/mol. The fraction of sp³-hybridized carbons (Fsp3) is 0.353. The van der Waals surface area contributed by atoms with Crippen molar-refractivity contribution in [1.82, 2.24) is 5.32 Å². The van der Waals surface area contributed by atoms with Crippen LogP contribution in [-0.2, 0) is 0 Å². The van der Waals surface area contributed by atoms with Crippen molar-refractivity contribution in [1.29, 1.82) is 0 Å². The first-order valence-electron chi connectivity index (χ1n) is 7.92. The highest BCUT2D eigenvalue weighted by Crippen LogP contribution is 2.23. The fourth-order valence-corrected chi connectivity index (χ4v) is 2.27. The van der Waals surface area contributed by atoms with Crippen LogP contribution in [0.15, 0.2) is 47.6 Å². The van der Waals surface area contributed by atoms with Crippen molar-refractivity contribution in [3.8, 4) is 5.75 Å². The smallest absolute Gasteiger partial charge is 0.462 e. The second kappa shape index (κ2) is 8.55. The van der Waals surface area contributed by atoms with E-state index in [4.69, 9.17) is 14.8 Å². The van der Waals surface area contributed by atoms with Gasteiger partial charge in [-0.05, 0) is 42.6 Å². The van der Waals surface area contributed by atoms with Crippen LogP contribution in [0.2, 0.25) is 0 Å². The molecule has 0 atom stereocenters. The second-order valence-electron chi connectivity index (χ2n) is 5.49. The van der Waals surface area contributed by atoms with E-state index in [9.17, 15) is 4.79 Å². The molecule has 1 aromatic rings. The van der Waals surface area contributed by atoms with Gasteiger partial charge in [-0.3, -0.25) is 4.79 Å². The monoisotopic (exact) mass is 315 g/mol. The molecule has 6 heteroatoms. The predicted molar refractivity (Wildman–Crippen MR) is 89.9 cm³/mol. The third-order valence-electron chi connectivity index (χ3n) is 3.64. The first-order valence-corrected chi connectivity index (χ1v) is 7.92. The summed E-state index contributed by atoms with van der Waals surface area (Å²) in [6, 6.07) is 7.04. The van der Waals surface area contributed by atoms with Gasteiger partial charge in [0.15, 0.2) is 0 Å². The molecule has 0 bridgehead atoms. The molecule has 0 saturated carbocycles. The molecule has 122 valence electrons. The largest absolute Gasteiger partial charge is 0.484 e. The van der Waals surface area contributed by atoms with Crippen LogP contribution in [0.3, 0.4) is 0 Å². The van der Waals surface area contributed by atoms with E-state index in [2.05, 4.69) is 12.2 Å². The number of carbonyl (C=O) groups excluding carboxylic acids is 1. The molecule has 5 nitrogen and oxygen atoms in total. The number of hydrogen-bond acceptors (Lipinski definition) is 4. The van der Waals surface area contributed by atoms with Crippen molar-refractivity contribution in [3.05, 3.63) is 53.2 Å². The molecule has 1 aromatic carbocycles. The Morgan fingerprint density at radius 1 is 1.30 bits per heavy atom. The lowest BCUT2D eigenvalue weighted by Crippen LogP contribution is -2.24. The van der Waals surface area contributed by atoms with Crippen LogP contribution in [0, 0.1) is 0 Å². The van der Waals surface area contributed by atoms with Crippen molar-refractivity contribution in [2.24, 2.45) is 0 Å². The number of benzene rings is 1. The fourth-order valence-electron chi connectivity index (χ4n) is 2.27. The Morgan fingerprint density at radius 3 is 2.78 bits per heavy atom. The first-order chi connectivity index (χ1) is 11.1. The molecule has 0 fully saturated rings. The highest BCUT2D eigenvalue weighted by Gasteiger charge is 2.18. The third kappa shape index (κ3) is 5.27. The van der Waals surface area contributed by atoms with Gasteiger partial charge in [-0.1, -0.05) is 25.5 Å². The van der Waals surface area contributed by atoms with Gasteiger partial charge in [0.05, 0.1) is 0 Å². The van der Waals surface area contributed by atoms with Crippen LogP contribution >= 0.6 is 0 Å². The van der Waals surface area contributed by atoms with E-state index in [0.29, 0.717) is 36.2 Å². The van der Waals surface area contributed by atoms with Crippen molar-refractivity contribution in [2.75, 3.05) is 6.54 Å². The average Bonchev–Trinajstić information content (AvgIpc) is 2.56. The van der Waals surface area contributed by atoms with Crippen molar-refractivity contribution < 1.29 is 19.6 Å². The molecule has 1 aliphatic rings. The Morgan fingerprint density at radius 2 is 2.13 bits per heavy atom. The summed E-state index contributed by atoms with van der Waals surface area (Å²) in [5.74, 6) is 1.23. The lowest BCUT2D eigenvalue weighted by Gasteiger charge is -2.15.